The number of carbonyl (C=O) groups excluding carboxylic acids is 1. The number of nitrogens with one attached hydrogen (secondary N) is 1. The molecule has 2 saturated carbocycles. The van der Waals surface area contributed by atoms with Gasteiger partial charge in [-0.15, -0.1) is 0 Å². The van der Waals surface area contributed by atoms with Gasteiger partial charge in [-0.1, -0.05) is 19.3 Å². The van der Waals surface area contributed by atoms with Crippen molar-refractivity contribution in [1.29, 1.82) is 0 Å². The minimum atomic E-state index is -0.903. The Kier molecular flexibility index (Phi) is 4.66. The second kappa shape index (κ2) is 6.26. The molecule has 2 fully saturated rings. The highest BCUT2D eigenvalue weighted by atomic mass is 16.4. The Hall–Kier alpha value is -1.26. The lowest BCUT2D eigenvalue weighted by atomic mass is 9.84. The van der Waals surface area contributed by atoms with Crippen LogP contribution in [0.1, 0.15) is 44.9 Å². The van der Waals surface area contributed by atoms with Gasteiger partial charge in [-0.25, -0.2) is 9.59 Å². The summed E-state index contributed by atoms with van der Waals surface area (Å²) in [7, 11) is 1.74. The smallest absolute Gasteiger partial charge is 0.326 e. The van der Waals surface area contributed by atoms with Gasteiger partial charge in [0.25, 0.3) is 0 Å². The van der Waals surface area contributed by atoms with Gasteiger partial charge in [-0.05, 0) is 37.5 Å². The first kappa shape index (κ1) is 14.2. The molecule has 2 aliphatic rings. The number of nitrogens with zero attached hydrogens (tertiary/aromatic N) is 1. The van der Waals surface area contributed by atoms with E-state index < -0.39 is 12.0 Å². The van der Waals surface area contributed by atoms with Crippen LogP contribution >= 0.6 is 0 Å². The molecule has 2 N–H and O–H groups in total. The summed E-state index contributed by atoms with van der Waals surface area (Å²) < 4.78 is 0. The number of aliphatic carboxylic acids is 1. The van der Waals surface area contributed by atoms with Gasteiger partial charge >= 0.3 is 12.0 Å². The molecule has 0 spiro atoms. The second-order valence-corrected chi connectivity index (χ2v) is 5.99. The van der Waals surface area contributed by atoms with Crippen molar-refractivity contribution < 1.29 is 14.7 Å². The lowest BCUT2D eigenvalue weighted by Gasteiger charge is -2.29. The van der Waals surface area contributed by atoms with E-state index in [0.717, 1.165) is 32.2 Å². The average molecular weight is 268 g/mol. The lowest BCUT2D eigenvalue weighted by molar-refractivity contribution is -0.141. The number of carboxylic acids is 1. The molecule has 1 unspecified atom stereocenters. The van der Waals surface area contributed by atoms with Gasteiger partial charge in [-0.3, -0.25) is 0 Å². The molecular formula is C14H24N2O3. The third-order valence-corrected chi connectivity index (χ3v) is 4.24. The van der Waals surface area contributed by atoms with Crippen LogP contribution in [-0.2, 0) is 4.79 Å². The van der Waals surface area contributed by atoms with E-state index in [9.17, 15) is 14.7 Å². The van der Waals surface area contributed by atoms with Crippen molar-refractivity contribution >= 4 is 12.0 Å². The zero-order valence-corrected chi connectivity index (χ0v) is 11.6. The van der Waals surface area contributed by atoms with Crippen LogP contribution in [0.4, 0.5) is 4.79 Å². The summed E-state index contributed by atoms with van der Waals surface area (Å²) in [5, 5.41) is 12.0. The third-order valence-electron chi connectivity index (χ3n) is 4.24. The summed E-state index contributed by atoms with van der Waals surface area (Å²) >= 11 is 0. The number of hydrogen-bond donors (Lipinski definition) is 2. The molecule has 0 aromatic carbocycles. The van der Waals surface area contributed by atoms with Gasteiger partial charge in [0, 0.05) is 13.6 Å². The van der Waals surface area contributed by atoms with Gasteiger partial charge in [0.15, 0.2) is 0 Å². The van der Waals surface area contributed by atoms with Crippen molar-refractivity contribution in [3.05, 3.63) is 0 Å². The Labute approximate surface area is 114 Å². The van der Waals surface area contributed by atoms with E-state index >= 15 is 0 Å². The van der Waals surface area contributed by atoms with Crippen LogP contribution in [0.15, 0.2) is 0 Å². The Morgan fingerprint density at radius 2 is 1.84 bits per heavy atom. The molecule has 2 amide bonds. The second-order valence-electron chi connectivity index (χ2n) is 5.99. The average Bonchev–Trinajstić information content (AvgIpc) is 3.20. The Morgan fingerprint density at radius 3 is 2.37 bits per heavy atom. The van der Waals surface area contributed by atoms with Crippen molar-refractivity contribution in [2.24, 2.45) is 11.8 Å². The minimum Gasteiger partial charge on any atom is -0.480 e. The van der Waals surface area contributed by atoms with Gasteiger partial charge in [0.2, 0.25) is 0 Å². The molecule has 108 valence electrons. The Morgan fingerprint density at radius 1 is 1.21 bits per heavy atom. The van der Waals surface area contributed by atoms with E-state index in [2.05, 4.69) is 5.32 Å². The molecule has 5 heteroatoms. The van der Waals surface area contributed by atoms with Gasteiger partial charge in [0.05, 0.1) is 0 Å². The molecule has 5 nitrogen and oxygen atoms in total. The summed E-state index contributed by atoms with van der Waals surface area (Å²) in [4.78, 5) is 25.0. The summed E-state index contributed by atoms with van der Waals surface area (Å²) in [5.41, 5.74) is 0. The first-order valence-corrected chi connectivity index (χ1v) is 7.32. The monoisotopic (exact) mass is 268 g/mol. The number of carbonyl (C=O) groups is 2. The van der Waals surface area contributed by atoms with E-state index in [1.165, 1.54) is 19.3 Å². The van der Waals surface area contributed by atoms with Crippen LogP contribution in [-0.4, -0.2) is 41.6 Å². The van der Waals surface area contributed by atoms with E-state index in [0.29, 0.717) is 5.92 Å². The van der Waals surface area contributed by atoms with Crippen molar-refractivity contribution in [3.8, 4) is 0 Å². The highest BCUT2D eigenvalue weighted by molar-refractivity contribution is 5.82. The van der Waals surface area contributed by atoms with Crippen LogP contribution in [0.3, 0.4) is 0 Å². The molecule has 0 aromatic heterocycles. The van der Waals surface area contributed by atoms with Crippen LogP contribution in [0.5, 0.6) is 0 Å². The molecule has 19 heavy (non-hydrogen) atoms. The molecule has 0 aromatic rings. The molecule has 0 heterocycles. The van der Waals surface area contributed by atoms with Crippen LogP contribution in [0.25, 0.3) is 0 Å². The maximum Gasteiger partial charge on any atom is 0.326 e. The summed E-state index contributed by atoms with van der Waals surface area (Å²) in [6.45, 7) is 0.739. The minimum absolute atomic E-state index is 0.0875. The van der Waals surface area contributed by atoms with Crippen LogP contribution in [0.2, 0.25) is 0 Å². The number of urea groups is 1. The number of amides is 2. The first-order chi connectivity index (χ1) is 9.08. The predicted octanol–water partition coefficient (Wildman–Crippen LogP) is 2.07. The highest BCUT2D eigenvalue weighted by Gasteiger charge is 2.32. The fourth-order valence-electron chi connectivity index (χ4n) is 2.86. The van der Waals surface area contributed by atoms with E-state index in [1.807, 2.05) is 0 Å². The quantitative estimate of drug-likeness (QED) is 0.802. The van der Waals surface area contributed by atoms with E-state index in [1.54, 1.807) is 11.9 Å². The third kappa shape index (κ3) is 4.11. The fraction of sp³-hybridized carbons (Fsp3) is 0.857. The maximum absolute atomic E-state index is 12.0. The summed E-state index contributed by atoms with van der Waals surface area (Å²) in [6.07, 6.45) is 7.50. The van der Waals surface area contributed by atoms with Gasteiger partial charge < -0.3 is 15.3 Å². The van der Waals surface area contributed by atoms with Gasteiger partial charge in [0.1, 0.15) is 6.04 Å². The summed E-state index contributed by atoms with van der Waals surface area (Å²) in [6, 6.07) is -0.973. The molecular weight excluding hydrogens is 244 g/mol. The van der Waals surface area contributed by atoms with Crippen LogP contribution < -0.4 is 5.32 Å². The predicted molar refractivity (Wildman–Crippen MR) is 71.9 cm³/mol. The fourth-order valence-corrected chi connectivity index (χ4v) is 2.86. The van der Waals surface area contributed by atoms with E-state index in [4.69, 9.17) is 0 Å². The number of hydrogen-bond acceptors (Lipinski definition) is 2. The Balaban J connectivity index is 1.87. The lowest BCUT2D eigenvalue weighted by Crippen LogP contribution is -2.50. The zero-order chi connectivity index (χ0) is 13.8. The molecule has 2 aliphatic carbocycles. The van der Waals surface area contributed by atoms with Gasteiger partial charge in [-0.2, -0.15) is 0 Å². The molecule has 0 bridgehead atoms. The molecule has 2 rings (SSSR count). The van der Waals surface area contributed by atoms with Crippen molar-refractivity contribution in [2.75, 3.05) is 13.6 Å². The molecule has 0 radical (unpaired) electrons. The molecule has 0 aliphatic heterocycles. The van der Waals surface area contributed by atoms with Crippen molar-refractivity contribution in [2.45, 2.75) is 51.0 Å². The first-order valence-electron chi connectivity index (χ1n) is 7.32. The highest BCUT2D eigenvalue weighted by Crippen LogP contribution is 2.29. The number of rotatable bonds is 5. The van der Waals surface area contributed by atoms with Crippen molar-refractivity contribution in [1.82, 2.24) is 10.2 Å². The SMILES string of the molecule is CN(CC1CC1)C(=O)NC(C(=O)O)C1CCCCC1. The maximum atomic E-state index is 12.0. The molecule has 1 atom stereocenters. The topological polar surface area (TPSA) is 69.6 Å². The Bertz CT molecular complexity index is 336. The van der Waals surface area contributed by atoms with E-state index in [-0.39, 0.29) is 11.9 Å². The normalized spacial score (nSPS) is 21.7. The zero-order valence-electron chi connectivity index (χ0n) is 11.6. The van der Waals surface area contributed by atoms with Crippen molar-refractivity contribution in [3.63, 3.8) is 0 Å². The van der Waals surface area contributed by atoms with Crippen LogP contribution in [0, 0.1) is 11.8 Å². The number of carboxylic acid groups (broad SMARTS) is 1. The molecule has 0 saturated heterocycles. The summed E-state index contributed by atoms with van der Waals surface area (Å²) in [5.74, 6) is -0.196. The standard InChI is InChI=1S/C14H24N2O3/c1-16(9-10-7-8-10)14(19)15-12(13(17)18)11-5-3-2-4-6-11/h10-12H,2-9H2,1H3,(H,15,19)(H,17,18). The largest absolute Gasteiger partial charge is 0.480 e.